The van der Waals surface area contributed by atoms with E-state index in [1.807, 2.05) is 11.4 Å². The lowest BCUT2D eigenvalue weighted by atomic mass is 10.2. The van der Waals surface area contributed by atoms with Gasteiger partial charge in [0.05, 0.1) is 12.1 Å². The Hall–Kier alpha value is -1.40. The predicted octanol–water partition coefficient (Wildman–Crippen LogP) is 3.29. The number of amides is 1. The lowest BCUT2D eigenvalue weighted by molar-refractivity contribution is 0.0948. The minimum atomic E-state index is -0.559. The summed E-state index contributed by atoms with van der Waals surface area (Å²) in [6.07, 6.45) is 0. The molecule has 1 aromatic carbocycles. The van der Waals surface area contributed by atoms with Crippen molar-refractivity contribution in [3.63, 3.8) is 0 Å². The molecule has 2 rings (SSSR count). The largest absolute Gasteiger partial charge is 0.507 e. The molecular formula is C12H9BrFNO2S. The molecule has 0 aliphatic carbocycles. The Kier molecular flexibility index (Phi) is 3.98. The second kappa shape index (κ2) is 5.49. The standard InChI is InChI=1S/C12H9BrFNO2S/c13-7-3-9(18-6-7)5-15-12(17)10-4-8(14)1-2-11(10)16/h1-4,6,16H,5H2,(H,15,17). The van der Waals surface area contributed by atoms with Crippen molar-refractivity contribution in [2.45, 2.75) is 6.54 Å². The maximum Gasteiger partial charge on any atom is 0.255 e. The van der Waals surface area contributed by atoms with Gasteiger partial charge in [-0.05, 0) is 40.2 Å². The zero-order valence-electron chi connectivity index (χ0n) is 9.11. The van der Waals surface area contributed by atoms with Crippen molar-refractivity contribution in [2.75, 3.05) is 0 Å². The molecule has 1 amide bonds. The number of phenolic OH excluding ortho intramolecular Hbond substituents is 1. The van der Waals surface area contributed by atoms with Gasteiger partial charge in [0.15, 0.2) is 0 Å². The van der Waals surface area contributed by atoms with Crippen LogP contribution in [0.1, 0.15) is 15.2 Å². The molecule has 0 unspecified atom stereocenters. The van der Waals surface area contributed by atoms with E-state index in [0.29, 0.717) is 6.54 Å². The molecule has 0 radical (unpaired) electrons. The number of hydrogen-bond donors (Lipinski definition) is 2. The first-order chi connectivity index (χ1) is 8.56. The minimum absolute atomic E-state index is 0.0642. The van der Waals surface area contributed by atoms with Gasteiger partial charge < -0.3 is 10.4 Å². The minimum Gasteiger partial charge on any atom is -0.507 e. The van der Waals surface area contributed by atoms with Gasteiger partial charge in [-0.25, -0.2) is 4.39 Å². The molecule has 0 aliphatic rings. The van der Waals surface area contributed by atoms with Crippen LogP contribution in [0.4, 0.5) is 4.39 Å². The van der Waals surface area contributed by atoms with Gasteiger partial charge in [-0.1, -0.05) is 0 Å². The van der Waals surface area contributed by atoms with Crippen LogP contribution in [-0.4, -0.2) is 11.0 Å². The first-order valence-electron chi connectivity index (χ1n) is 5.06. The van der Waals surface area contributed by atoms with Crippen molar-refractivity contribution in [3.05, 3.63) is 50.4 Å². The lowest BCUT2D eigenvalue weighted by Gasteiger charge is -2.05. The van der Waals surface area contributed by atoms with E-state index in [2.05, 4.69) is 21.2 Å². The monoisotopic (exact) mass is 329 g/mol. The summed E-state index contributed by atoms with van der Waals surface area (Å²) in [5.74, 6) is -1.30. The molecule has 2 N–H and O–H groups in total. The highest BCUT2D eigenvalue weighted by atomic mass is 79.9. The lowest BCUT2D eigenvalue weighted by Crippen LogP contribution is -2.22. The Bertz CT molecular complexity index is 585. The molecule has 0 aliphatic heterocycles. The fourth-order valence-corrected chi connectivity index (χ4v) is 2.79. The summed E-state index contributed by atoms with van der Waals surface area (Å²) >= 11 is 4.81. The molecule has 3 nitrogen and oxygen atoms in total. The predicted molar refractivity (Wildman–Crippen MR) is 71.3 cm³/mol. The van der Waals surface area contributed by atoms with Gasteiger partial charge in [0.2, 0.25) is 0 Å². The third-order valence-corrected chi connectivity index (χ3v) is 3.95. The third kappa shape index (κ3) is 3.08. The van der Waals surface area contributed by atoms with E-state index in [1.165, 1.54) is 11.3 Å². The SMILES string of the molecule is O=C(NCc1cc(Br)cs1)c1cc(F)ccc1O. The van der Waals surface area contributed by atoms with Crippen LogP contribution in [0.15, 0.2) is 34.1 Å². The van der Waals surface area contributed by atoms with Crippen LogP contribution in [-0.2, 0) is 6.54 Å². The average Bonchev–Trinajstić information content (AvgIpc) is 2.75. The summed E-state index contributed by atoms with van der Waals surface area (Å²) in [5.41, 5.74) is -0.0642. The van der Waals surface area contributed by atoms with Crippen LogP contribution in [0.25, 0.3) is 0 Å². The van der Waals surface area contributed by atoms with Gasteiger partial charge in [0.25, 0.3) is 5.91 Å². The van der Waals surface area contributed by atoms with Crippen molar-refractivity contribution in [1.82, 2.24) is 5.32 Å². The molecule has 0 saturated heterocycles. The van der Waals surface area contributed by atoms with E-state index in [1.54, 1.807) is 0 Å². The Morgan fingerprint density at radius 3 is 2.89 bits per heavy atom. The van der Waals surface area contributed by atoms with Gasteiger partial charge in [0.1, 0.15) is 11.6 Å². The van der Waals surface area contributed by atoms with Gasteiger partial charge in [-0.3, -0.25) is 4.79 Å². The zero-order valence-corrected chi connectivity index (χ0v) is 11.5. The number of thiophene rings is 1. The highest BCUT2D eigenvalue weighted by molar-refractivity contribution is 9.10. The highest BCUT2D eigenvalue weighted by Gasteiger charge is 2.12. The van der Waals surface area contributed by atoms with Crippen molar-refractivity contribution >= 4 is 33.2 Å². The summed E-state index contributed by atoms with van der Waals surface area (Å²) in [6, 6.07) is 5.15. The van der Waals surface area contributed by atoms with Crippen molar-refractivity contribution < 1.29 is 14.3 Å². The molecule has 6 heteroatoms. The Balaban J connectivity index is 2.05. The number of hydrogen-bond acceptors (Lipinski definition) is 3. The number of carbonyl (C=O) groups excluding carboxylic acids is 1. The number of aromatic hydroxyl groups is 1. The fourth-order valence-electron chi connectivity index (χ4n) is 1.40. The molecule has 2 aromatic rings. The van der Waals surface area contributed by atoms with Gasteiger partial charge in [-0.2, -0.15) is 0 Å². The maximum absolute atomic E-state index is 13.0. The van der Waals surface area contributed by atoms with Crippen LogP contribution in [0.3, 0.4) is 0 Å². The van der Waals surface area contributed by atoms with Crippen LogP contribution in [0.5, 0.6) is 5.75 Å². The van der Waals surface area contributed by atoms with Gasteiger partial charge in [0, 0.05) is 14.7 Å². The molecule has 1 heterocycles. The number of phenols is 1. The van der Waals surface area contributed by atoms with Crippen LogP contribution in [0, 0.1) is 5.82 Å². The second-order valence-corrected chi connectivity index (χ2v) is 5.49. The molecule has 18 heavy (non-hydrogen) atoms. The highest BCUT2D eigenvalue weighted by Crippen LogP contribution is 2.20. The smallest absolute Gasteiger partial charge is 0.255 e. The molecule has 0 saturated carbocycles. The molecule has 0 bridgehead atoms. The first kappa shape index (κ1) is 13.0. The first-order valence-corrected chi connectivity index (χ1v) is 6.73. The second-order valence-electron chi connectivity index (χ2n) is 3.58. The number of benzene rings is 1. The summed E-state index contributed by atoms with van der Waals surface area (Å²) in [7, 11) is 0. The number of nitrogens with one attached hydrogen (secondary N) is 1. The zero-order chi connectivity index (χ0) is 13.1. The third-order valence-electron chi connectivity index (χ3n) is 2.25. The molecule has 94 valence electrons. The van der Waals surface area contributed by atoms with Crippen molar-refractivity contribution in [1.29, 1.82) is 0 Å². The molecule has 0 atom stereocenters. The number of carbonyl (C=O) groups is 1. The quantitative estimate of drug-likeness (QED) is 0.907. The summed E-state index contributed by atoms with van der Waals surface area (Å²) in [6.45, 7) is 0.338. The Labute approximate surface area is 115 Å². The Morgan fingerprint density at radius 2 is 2.22 bits per heavy atom. The average molecular weight is 330 g/mol. The molecule has 0 spiro atoms. The summed E-state index contributed by atoms with van der Waals surface area (Å²) < 4.78 is 13.9. The fraction of sp³-hybridized carbons (Fsp3) is 0.0833. The van der Waals surface area contributed by atoms with Crippen LogP contribution in [0.2, 0.25) is 0 Å². The molecule has 1 aromatic heterocycles. The normalized spacial score (nSPS) is 10.3. The van der Waals surface area contributed by atoms with Gasteiger partial charge in [-0.15, -0.1) is 11.3 Å². The molecule has 0 fully saturated rings. The van der Waals surface area contributed by atoms with E-state index >= 15 is 0 Å². The maximum atomic E-state index is 13.0. The van der Waals surface area contributed by atoms with E-state index in [9.17, 15) is 14.3 Å². The Morgan fingerprint density at radius 1 is 1.44 bits per heavy atom. The van der Waals surface area contributed by atoms with Crippen LogP contribution < -0.4 is 5.32 Å². The summed E-state index contributed by atoms with van der Waals surface area (Å²) in [4.78, 5) is 12.7. The number of halogens is 2. The van der Waals surface area contributed by atoms with Crippen molar-refractivity contribution in [3.8, 4) is 5.75 Å². The molecular weight excluding hydrogens is 321 g/mol. The van der Waals surface area contributed by atoms with Gasteiger partial charge >= 0.3 is 0 Å². The van der Waals surface area contributed by atoms with Crippen molar-refractivity contribution in [2.24, 2.45) is 0 Å². The van der Waals surface area contributed by atoms with Crippen LogP contribution >= 0.6 is 27.3 Å². The van der Waals surface area contributed by atoms with E-state index in [4.69, 9.17) is 0 Å². The van der Waals surface area contributed by atoms with E-state index in [0.717, 1.165) is 27.5 Å². The van der Waals surface area contributed by atoms with E-state index < -0.39 is 11.7 Å². The summed E-state index contributed by atoms with van der Waals surface area (Å²) in [5, 5.41) is 14.0. The number of rotatable bonds is 3. The van der Waals surface area contributed by atoms with E-state index in [-0.39, 0.29) is 11.3 Å². The topological polar surface area (TPSA) is 49.3 Å².